The smallest absolute Gasteiger partial charge is 0.0828 e. The Kier molecular flexibility index (Phi) is 6.64. The molecule has 1 N–H and O–H groups in total. The second-order valence-corrected chi connectivity index (χ2v) is 10.1. The molecule has 3 atom stereocenters. The molecule has 1 saturated heterocycles. The summed E-state index contributed by atoms with van der Waals surface area (Å²) in [5.74, 6) is 0. The molecule has 4 heteroatoms. The van der Waals surface area contributed by atoms with Gasteiger partial charge in [0, 0.05) is 36.6 Å². The molecular weight excluding hydrogens is 396 g/mol. The number of nitrogens with zero attached hydrogens (tertiary/aromatic N) is 1. The van der Waals surface area contributed by atoms with E-state index in [0.29, 0.717) is 6.04 Å². The first-order valence-electron chi connectivity index (χ1n) is 12.7. The van der Waals surface area contributed by atoms with Gasteiger partial charge in [0.2, 0.25) is 0 Å². The highest BCUT2D eigenvalue weighted by Gasteiger charge is 2.48. The minimum atomic E-state index is 0.0813. The zero-order valence-corrected chi connectivity index (χ0v) is 19.5. The van der Waals surface area contributed by atoms with Crippen LogP contribution in [0.25, 0.3) is 0 Å². The maximum Gasteiger partial charge on any atom is 0.0828 e. The summed E-state index contributed by atoms with van der Waals surface area (Å²) in [6.45, 7) is 4.73. The molecule has 1 aliphatic heterocycles. The molecule has 3 unspecified atom stereocenters. The number of hydrogen-bond acceptors (Lipinski definition) is 4. The van der Waals surface area contributed by atoms with Crippen molar-refractivity contribution in [3.05, 3.63) is 65.5 Å². The Morgan fingerprint density at radius 3 is 2.62 bits per heavy atom. The first-order valence-corrected chi connectivity index (χ1v) is 12.7. The molecular formula is C28H38N2O2. The quantitative estimate of drug-likeness (QED) is 0.577. The van der Waals surface area contributed by atoms with Gasteiger partial charge < -0.3 is 14.8 Å². The number of aromatic nitrogens is 1. The number of fused-ring (bicyclic) bond motifs is 1. The highest BCUT2D eigenvalue weighted by molar-refractivity contribution is 5.34. The minimum absolute atomic E-state index is 0.0813. The summed E-state index contributed by atoms with van der Waals surface area (Å²) in [6, 6.07) is 15.7. The van der Waals surface area contributed by atoms with Gasteiger partial charge in [0.25, 0.3) is 0 Å². The van der Waals surface area contributed by atoms with Gasteiger partial charge in [-0.05, 0) is 81.7 Å². The van der Waals surface area contributed by atoms with Gasteiger partial charge in [0.05, 0.1) is 11.7 Å². The van der Waals surface area contributed by atoms with Gasteiger partial charge in [-0.3, -0.25) is 4.98 Å². The molecule has 3 aliphatic rings. The van der Waals surface area contributed by atoms with Crippen LogP contribution in [0, 0.1) is 0 Å². The Balaban J connectivity index is 1.32. The van der Waals surface area contributed by atoms with Crippen molar-refractivity contribution in [3.8, 4) is 0 Å². The van der Waals surface area contributed by atoms with Gasteiger partial charge in [-0.2, -0.15) is 0 Å². The van der Waals surface area contributed by atoms with Crippen molar-refractivity contribution in [3.63, 3.8) is 0 Å². The standard InChI is InChI=1S/C28H38N2O2/c1-2-31-25-13-12-24(22-9-3-4-10-23(22)25)29-19-16-27(26-11-5-8-18-30-26)17-20-32-28(21-27)14-6-7-15-28/h3-5,8-11,18,24-25,29H,2,6-7,12-17,19-21H2,1H3. The van der Waals surface area contributed by atoms with Crippen molar-refractivity contribution < 1.29 is 9.47 Å². The van der Waals surface area contributed by atoms with Gasteiger partial charge in [0.15, 0.2) is 0 Å². The van der Waals surface area contributed by atoms with Crippen molar-refractivity contribution in [2.24, 2.45) is 0 Å². The number of rotatable bonds is 7. The first-order chi connectivity index (χ1) is 15.7. The highest BCUT2D eigenvalue weighted by Crippen LogP contribution is 2.49. The molecule has 1 spiro atoms. The Morgan fingerprint density at radius 2 is 1.84 bits per heavy atom. The van der Waals surface area contributed by atoms with E-state index in [4.69, 9.17) is 14.5 Å². The van der Waals surface area contributed by atoms with Crippen LogP contribution in [0.3, 0.4) is 0 Å². The predicted molar refractivity (Wildman–Crippen MR) is 128 cm³/mol. The summed E-state index contributed by atoms with van der Waals surface area (Å²) >= 11 is 0. The summed E-state index contributed by atoms with van der Waals surface area (Å²) in [5, 5.41) is 3.94. The zero-order chi connectivity index (χ0) is 21.9. The minimum Gasteiger partial charge on any atom is -0.375 e. The largest absolute Gasteiger partial charge is 0.375 e. The van der Waals surface area contributed by atoms with Crippen LogP contribution in [0.1, 0.15) is 93.7 Å². The van der Waals surface area contributed by atoms with Crippen LogP contribution < -0.4 is 5.32 Å². The number of hydrogen-bond donors (Lipinski definition) is 1. The fourth-order valence-electron chi connectivity index (χ4n) is 6.62. The molecule has 4 nitrogen and oxygen atoms in total. The Morgan fingerprint density at radius 1 is 1.03 bits per heavy atom. The Hall–Kier alpha value is -1.75. The van der Waals surface area contributed by atoms with Crippen molar-refractivity contribution in [1.29, 1.82) is 0 Å². The van der Waals surface area contributed by atoms with Crippen LogP contribution >= 0.6 is 0 Å². The molecule has 0 amide bonds. The average molecular weight is 435 g/mol. The number of benzene rings is 1. The van der Waals surface area contributed by atoms with E-state index in [1.54, 1.807) is 0 Å². The highest BCUT2D eigenvalue weighted by atomic mass is 16.5. The first kappa shape index (κ1) is 22.1. The van der Waals surface area contributed by atoms with Crippen molar-refractivity contribution >= 4 is 0 Å². The molecule has 0 bridgehead atoms. The summed E-state index contributed by atoms with van der Waals surface area (Å²) in [4.78, 5) is 4.86. The van der Waals surface area contributed by atoms with Gasteiger partial charge in [0.1, 0.15) is 0 Å². The SMILES string of the molecule is CCOC1CCC(NCCC2(c3ccccn3)CCOC3(CCCC3)C2)c2ccccc21. The normalized spacial score (nSPS) is 29.2. The third-order valence-corrected chi connectivity index (χ3v) is 8.17. The van der Waals surface area contributed by atoms with E-state index in [9.17, 15) is 0 Å². The van der Waals surface area contributed by atoms with Crippen molar-refractivity contribution in [1.82, 2.24) is 10.3 Å². The average Bonchev–Trinajstić information content (AvgIpc) is 3.28. The lowest BCUT2D eigenvalue weighted by Crippen LogP contribution is -2.47. The van der Waals surface area contributed by atoms with Crippen molar-refractivity contribution in [2.75, 3.05) is 19.8 Å². The molecule has 1 aromatic heterocycles. The van der Waals surface area contributed by atoms with E-state index < -0.39 is 0 Å². The monoisotopic (exact) mass is 434 g/mol. The van der Waals surface area contributed by atoms with Crippen LogP contribution in [0.5, 0.6) is 0 Å². The van der Waals surface area contributed by atoms with Gasteiger partial charge in [-0.1, -0.05) is 43.2 Å². The van der Waals surface area contributed by atoms with E-state index in [0.717, 1.165) is 51.9 Å². The van der Waals surface area contributed by atoms with Crippen molar-refractivity contribution in [2.45, 2.75) is 87.9 Å². The fraction of sp³-hybridized carbons (Fsp3) is 0.607. The van der Waals surface area contributed by atoms with Crippen LogP contribution in [0.2, 0.25) is 0 Å². The Labute approximate surface area is 193 Å². The predicted octanol–water partition coefficient (Wildman–Crippen LogP) is 6.04. The molecule has 1 saturated carbocycles. The molecule has 5 rings (SSSR count). The third kappa shape index (κ3) is 4.37. The number of ether oxygens (including phenoxy) is 2. The lowest BCUT2D eigenvalue weighted by Gasteiger charge is -2.46. The van der Waals surface area contributed by atoms with E-state index in [1.165, 1.54) is 42.5 Å². The maximum absolute atomic E-state index is 6.42. The molecule has 2 aromatic rings. The van der Waals surface area contributed by atoms with E-state index >= 15 is 0 Å². The summed E-state index contributed by atoms with van der Waals surface area (Å²) in [7, 11) is 0. The molecule has 32 heavy (non-hydrogen) atoms. The third-order valence-electron chi connectivity index (χ3n) is 8.17. The van der Waals surface area contributed by atoms with Gasteiger partial charge >= 0.3 is 0 Å². The van der Waals surface area contributed by atoms with E-state index in [1.807, 2.05) is 12.3 Å². The molecule has 2 fully saturated rings. The van der Waals surface area contributed by atoms with E-state index in [2.05, 4.69) is 48.6 Å². The number of nitrogens with one attached hydrogen (secondary N) is 1. The summed E-state index contributed by atoms with van der Waals surface area (Å²) < 4.78 is 12.5. The lowest BCUT2D eigenvalue weighted by atomic mass is 9.68. The van der Waals surface area contributed by atoms with Gasteiger partial charge in [-0.15, -0.1) is 0 Å². The molecule has 172 valence electrons. The zero-order valence-electron chi connectivity index (χ0n) is 19.5. The second kappa shape index (κ2) is 9.62. The second-order valence-electron chi connectivity index (χ2n) is 10.1. The fourth-order valence-corrected chi connectivity index (χ4v) is 6.62. The summed E-state index contributed by atoms with van der Waals surface area (Å²) in [5.41, 5.74) is 4.24. The Bertz CT molecular complexity index is 880. The topological polar surface area (TPSA) is 43.4 Å². The molecule has 1 aromatic carbocycles. The number of pyridine rings is 1. The molecule has 0 radical (unpaired) electrons. The lowest BCUT2D eigenvalue weighted by molar-refractivity contribution is -0.104. The van der Waals surface area contributed by atoms with Crippen LogP contribution in [0.15, 0.2) is 48.7 Å². The van der Waals surface area contributed by atoms with E-state index in [-0.39, 0.29) is 17.1 Å². The van der Waals surface area contributed by atoms with Crippen LogP contribution in [0.4, 0.5) is 0 Å². The summed E-state index contributed by atoms with van der Waals surface area (Å²) in [6.07, 6.45) is 12.8. The van der Waals surface area contributed by atoms with Crippen LogP contribution in [-0.4, -0.2) is 30.3 Å². The molecule has 2 heterocycles. The maximum atomic E-state index is 6.42. The van der Waals surface area contributed by atoms with Gasteiger partial charge in [-0.25, -0.2) is 0 Å². The molecule has 2 aliphatic carbocycles. The van der Waals surface area contributed by atoms with Crippen LogP contribution in [-0.2, 0) is 14.9 Å².